The van der Waals surface area contributed by atoms with Crippen molar-refractivity contribution in [2.24, 2.45) is 0 Å². The van der Waals surface area contributed by atoms with E-state index in [-0.39, 0.29) is 13.0 Å². The largest absolute Gasteiger partial charge is 0.460 e. The second-order valence-electron chi connectivity index (χ2n) is 5.00. The summed E-state index contributed by atoms with van der Waals surface area (Å²) in [4.78, 5) is 34.4. The summed E-state index contributed by atoms with van der Waals surface area (Å²) in [5, 5.41) is 11.0. The van der Waals surface area contributed by atoms with E-state index in [0.29, 0.717) is 0 Å². The topological polar surface area (TPSA) is 102 Å². The number of hydrogen-bond donors (Lipinski definition) is 2. The molecule has 114 valence electrons. The van der Waals surface area contributed by atoms with Crippen LogP contribution in [0.1, 0.15) is 27.2 Å². The fourth-order valence-corrected chi connectivity index (χ4v) is 1.22. The highest BCUT2D eigenvalue weighted by molar-refractivity contribution is 5.91. The van der Waals surface area contributed by atoms with Crippen LogP contribution in [0.2, 0.25) is 0 Å². The van der Waals surface area contributed by atoms with Gasteiger partial charge in [0.25, 0.3) is 0 Å². The van der Waals surface area contributed by atoms with Crippen LogP contribution in [0.15, 0.2) is 12.7 Å². The maximum absolute atomic E-state index is 11.6. The van der Waals surface area contributed by atoms with Gasteiger partial charge in [-0.1, -0.05) is 12.7 Å². The molecule has 0 aromatic rings. The Morgan fingerprint density at radius 3 is 2.40 bits per heavy atom. The Morgan fingerprint density at radius 2 is 1.95 bits per heavy atom. The molecule has 0 bridgehead atoms. The minimum Gasteiger partial charge on any atom is -0.460 e. The molecule has 0 saturated carbocycles. The second kappa shape index (κ2) is 8.31. The van der Waals surface area contributed by atoms with Crippen LogP contribution in [-0.4, -0.2) is 47.8 Å². The lowest BCUT2D eigenvalue weighted by Crippen LogP contribution is -2.44. The first kappa shape index (κ1) is 18.1. The zero-order valence-corrected chi connectivity index (χ0v) is 12.0. The van der Waals surface area contributed by atoms with E-state index in [0.717, 1.165) is 0 Å². The molecule has 0 aliphatic carbocycles. The third kappa shape index (κ3) is 8.25. The Labute approximate surface area is 117 Å². The van der Waals surface area contributed by atoms with Crippen LogP contribution in [-0.2, 0) is 19.1 Å². The number of carbonyl (C=O) groups excluding carboxylic acids is 3. The molecule has 1 atom stereocenters. The molecule has 0 aromatic carbocycles. The fourth-order valence-electron chi connectivity index (χ4n) is 1.22. The van der Waals surface area contributed by atoms with Gasteiger partial charge in [-0.25, -0.2) is 4.79 Å². The van der Waals surface area contributed by atoms with Crippen molar-refractivity contribution in [2.75, 3.05) is 13.2 Å². The van der Waals surface area contributed by atoms with Gasteiger partial charge < -0.3 is 19.9 Å². The van der Waals surface area contributed by atoms with Crippen LogP contribution in [0.3, 0.4) is 0 Å². The van der Waals surface area contributed by atoms with Gasteiger partial charge in [0, 0.05) is 0 Å². The second-order valence-corrected chi connectivity index (χ2v) is 5.00. The fraction of sp³-hybridized carbons (Fsp3) is 0.615. The molecular weight excluding hydrogens is 266 g/mol. The zero-order valence-electron chi connectivity index (χ0n) is 12.0. The Kier molecular flexibility index (Phi) is 7.53. The molecule has 0 spiro atoms. The molecule has 7 nitrogen and oxygen atoms in total. The smallest absolute Gasteiger partial charge is 0.408 e. The van der Waals surface area contributed by atoms with Gasteiger partial charge in [-0.15, -0.1) is 0 Å². The summed E-state index contributed by atoms with van der Waals surface area (Å²) >= 11 is 0. The zero-order chi connectivity index (χ0) is 15.8. The lowest BCUT2D eigenvalue weighted by Gasteiger charge is -2.22. The van der Waals surface area contributed by atoms with Crippen LogP contribution in [0.4, 0.5) is 4.79 Å². The first-order chi connectivity index (χ1) is 9.19. The van der Waals surface area contributed by atoms with Crippen molar-refractivity contribution in [3.05, 3.63) is 12.7 Å². The van der Waals surface area contributed by atoms with Crippen molar-refractivity contribution >= 4 is 17.8 Å². The quantitative estimate of drug-likeness (QED) is 0.524. The molecule has 0 rings (SSSR count). The number of esters is 1. The number of alkyl carbamates (subject to hydrolysis) is 1. The SMILES string of the molecule is C=CCOC(=O)NC(CC(=O)OC(C)(C)C)C(=O)CO. The van der Waals surface area contributed by atoms with Gasteiger partial charge in [-0.2, -0.15) is 0 Å². The van der Waals surface area contributed by atoms with E-state index in [9.17, 15) is 14.4 Å². The molecule has 0 radical (unpaired) electrons. The monoisotopic (exact) mass is 287 g/mol. The van der Waals surface area contributed by atoms with Gasteiger partial charge in [0.1, 0.15) is 24.9 Å². The molecule has 2 N–H and O–H groups in total. The average Bonchev–Trinajstić information content (AvgIpc) is 2.32. The van der Waals surface area contributed by atoms with Gasteiger partial charge in [-0.3, -0.25) is 9.59 Å². The summed E-state index contributed by atoms with van der Waals surface area (Å²) < 4.78 is 9.69. The maximum Gasteiger partial charge on any atom is 0.408 e. The highest BCUT2D eigenvalue weighted by Crippen LogP contribution is 2.09. The summed E-state index contributed by atoms with van der Waals surface area (Å²) in [7, 11) is 0. The summed E-state index contributed by atoms with van der Waals surface area (Å²) in [6.07, 6.45) is 0.108. The molecule has 0 fully saturated rings. The van der Waals surface area contributed by atoms with E-state index in [4.69, 9.17) is 9.84 Å². The van der Waals surface area contributed by atoms with Crippen molar-refractivity contribution in [1.82, 2.24) is 5.32 Å². The first-order valence-corrected chi connectivity index (χ1v) is 6.09. The normalized spacial score (nSPS) is 12.2. The first-order valence-electron chi connectivity index (χ1n) is 6.09. The van der Waals surface area contributed by atoms with E-state index >= 15 is 0 Å². The van der Waals surface area contributed by atoms with Gasteiger partial charge in [0.05, 0.1) is 6.42 Å². The average molecular weight is 287 g/mol. The molecule has 0 aliphatic heterocycles. The number of aliphatic hydroxyl groups excluding tert-OH is 1. The van der Waals surface area contributed by atoms with E-state index in [1.165, 1.54) is 6.08 Å². The summed E-state index contributed by atoms with van der Waals surface area (Å²) in [6, 6.07) is -1.19. The molecule has 0 aliphatic rings. The highest BCUT2D eigenvalue weighted by atomic mass is 16.6. The number of Topliss-reactive ketones (excluding diaryl/α,β-unsaturated/α-hetero) is 1. The number of nitrogens with one attached hydrogen (secondary N) is 1. The molecule has 0 aromatic heterocycles. The van der Waals surface area contributed by atoms with Crippen LogP contribution in [0.5, 0.6) is 0 Å². The van der Waals surface area contributed by atoms with Crippen LogP contribution in [0, 0.1) is 0 Å². The standard InChI is InChI=1S/C13H21NO6/c1-5-6-19-12(18)14-9(10(16)8-15)7-11(17)20-13(2,3)4/h5,9,15H,1,6-8H2,2-4H3,(H,14,18). The van der Waals surface area contributed by atoms with Crippen LogP contribution < -0.4 is 5.32 Å². The predicted octanol–water partition coefficient (Wildman–Crippen LogP) is 0.560. The number of carbonyl (C=O) groups is 3. The lowest BCUT2D eigenvalue weighted by atomic mass is 10.1. The number of amides is 1. The van der Waals surface area contributed by atoms with Crippen LogP contribution in [0.25, 0.3) is 0 Å². The van der Waals surface area contributed by atoms with Gasteiger partial charge in [0.2, 0.25) is 0 Å². The highest BCUT2D eigenvalue weighted by Gasteiger charge is 2.26. The molecule has 7 heteroatoms. The summed E-state index contributed by atoms with van der Waals surface area (Å²) in [6.45, 7) is 7.58. The maximum atomic E-state index is 11.6. The number of hydrogen-bond acceptors (Lipinski definition) is 6. The van der Waals surface area contributed by atoms with Gasteiger partial charge in [0.15, 0.2) is 5.78 Å². The van der Waals surface area contributed by atoms with E-state index in [2.05, 4.69) is 16.6 Å². The van der Waals surface area contributed by atoms with Crippen molar-refractivity contribution in [3.63, 3.8) is 0 Å². The number of ketones is 1. The molecule has 1 unspecified atom stereocenters. The Hall–Kier alpha value is -1.89. The Bertz CT molecular complexity index is 372. The molecule has 0 saturated heterocycles. The molecule has 1 amide bonds. The van der Waals surface area contributed by atoms with Gasteiger partial charge in [-0.05, 0) is 20.8 Å². The lowest BCUT2D eigenvalue weighted by molar-refractivity contribution is -0.156. The number of aliphatic hydroxyl groups is 1. The van der Waals surface area contributed by atoms with Crippen molar-refractivity contribution in [2.45, 2.75) is 38.8 Å². The van der Waals surface area contributed by atoms with E-state index in [1.807, 2.05) is 0 Å². The van der Waals surface area contributed by atoms with E-state index in [1.54, 1.807) is 20.8 Å². The minimum absolute atomic E-state index is 0.0295. The summed E-state index contributed by atoms with van der Waals surface area (Å²) in [5.74, 6) is -1.36. The van der Waals surface area contributed by atoms with Gasteiger partial charge >= 0.3 is 12.1 Å². The number of ether oxygens (including phenoxy) is 2. The predicted molar refractivity (Wildman–Crippen MR) is 71.0 cm³/mol. The molecular formula is C13H21NO6. The van der Waals surface area contributed by atoms with Crippen molar-refractivity contribution in [1.29, 1.82) is 0 Å². The van der Waals surface area contributed by atoms with E-state index < -0.39 is 36.1 Å². The summed E-state index contributed by atoms with van der Waals surface area (Å²) in [5.41, 5.74) is -0.701. The van der Waals surface area contributed by atoms with Crippen molar-refractivity contribution in [3.8, 4) is 0 Å². The Morgan fingerprint density at radius 1 is 1.35 bits per heavy atom. The number of rotatable bonds is 7. The third-order valence-electron chi connectivity index (χ3n) is 1.96. The molecule has 0 heterocycles. The Balaban J connectivity index is 4.57. The minimum atomic E-state index is -1.19. The van der Waals surface area contributed by atoms with Crippen molar-refractivity contribution < 1.29 is 29.0 Å². The third-order valence-corrected chi connectivity index (χ3v) is 1.96. The molecule has 20 heavy (non-hydrogen) atoms. The van der Waals surface area contributed by atoms with Crippen LogP contribution >= 0.6 is 0 Å².